The predicted octanol–water partition coefficient (Wildman–Crippen LogP) is 4.31. The van der Waals surface area contributed by atoms with Gasteiger partial charge in [0.25, 0.3) is 10.1 Å². The van der Waals surface area contributed by atoms with E-state index in [4.69, 9.17) is 4.55 Å². The Bertz CT molecular complexity index is 1120. The van der Waals surface area contributed by atoms with Gasteiger partial charge < -0.3 is 15.3 Å². The zero-order chi connectivity index (χ0) is 23.4. The number of anilines is 2. The summed E-state index contributed by atoms with van der Waals surface area (Å²) in [5, 5.41) is 12.6. The largest absolute Gasteiger partial charge is 0.478 e. The van der Waals surface area contributed by atoms with Gasteiger partial charge in [-0.25, -0.2) is 4.79 Å². The molecule has 170 valence electrons. The molecule has 0 spiro atoms. The van der Waals surface area contributed by atoms with Crippen LogP contribution in [-0.4, -0.2) is 42.4 Å². The van der Waals surface area contributed by atoms with Gasteiger partial charge in [-0.15, -0.1) is 0 Å². The van der Waals surface area contributed by atoms with E-state index < -0.39 is 21.5 Å². The number of hydrogen-bond acceptors (Lipinski definition) is 5. The molecule has 8 heteroatoms. The van der Waals surface area contributed by atoms with Crippen molar-refractivity contribution < 1.29 is 22.9 Å². The van der Waals surface area contributed by atoms with Crippen LogP contribution in [0.25, 0.3) is 0 Å². The highest BCUT2D eigenvalue weighted by Crippen LogP contribution is 2.46. The number of aromatic carboxylic acids is 1. The maximum atomic E-state index is 11.5. The SMILES string of the molecule is CC1(C)c2cc(C(=O)O)ccc2N(CCCS(=O)(=O)O)C1/C=C/C=C/Nc1ccccc1. The summed E-state index contributed by atoms with van der Waals surface area (Å²) >= 11 is 0. The number of nitrogens with zero attached hydrogens (tertiary/aromatic N) is 1. The lowest BCUT2D eigenvalue weighted by Gasteiger charge is -2.32. The summed E-state index contributed by atoms with van der Waals surface area (Å²) in [6, 6.07) is 14.7. The van der Waals surface area contributed by atoms with Crippen molar-refractivity contribution >= 4 is 27.5 Å². The second kappa shape index (κ2) is 9.58. The second-order valence-electron chi connectivity index (χ2n) is 8.29. The topological polar surface area (TPSA) is 107 Å². The van der Waals surface area contributed by atoms with Crippen molar-refractivity contribution in [1.29, 1.82) is 0 Å². The molecule has 0 saturated carbocycles. The van der Waals surface area contributed by atoms with Gasteiger partial charge in [-0.3, -0.25) is 4.55 Å². The van der Waals surface area contributed by atoms with E-state index in [0.29, 0.717) is 6.54 Å². The monoisotopic (exact) mass is 456 g/mol. The molecule has 0 bridgehead atoms. The molecule has 1 aliphatic heterocycles. The molecule has 0 amide bonds. The number of carboxylic acids is 1. The maximum Gasteiger partial charge on any atom is 0.335 e. The van der Waals surface area contributed by atoms with E-state index in [1.807, 2.05) is 68.6 Å². The highest BCUT2D eigenvalue weighted by Gasteiger charge is 2.43. The van der Waals surface area contributed by atoms with Gasteiger partial charge in [-0.05, 0) is 48.4 Å². The predicted molar refractivity (Wildman–Crippen MR) is 127 cm³/mol. The summed E-state index contributed by atoms with van der Waals surface area (Å²) in [7, 11) is -4.05. The lowest BCUT2D eigenvalue weighted by Crippen LogP contribution is -2.40. The highest BCUT2D eigenvalue weighted by atomic mass is 32.2. The molecule has 0 radical (unpaired) electrons. The van der Waals surface area contributed by atoms with Crippen molar-refractivity contribution in [2.45, 2.75) is 31.7 Å². The van der Waals surface area contributed by atoms with Crippen molar-refractivity contribution in [2.75, 3.05) is 22.5 Å². The number of rotatable bonds is 9. The van der Waals surface area contributed by atoms with E-state index in [2.05, 4.69) is 10.2 Å². The van der Waals surface area contributed by atoms with Crippen molar-refractivity contribution in [3.8, 4) is 0 Å². The maximum absolute atomic E-state index is 11.5. The van der Waals surface area contributed by atoms with Crippen LogP contribution in [0.15, 0.2) is 73.0 Å². The van der Waals surface area contributed by atoms with Crippen LogP contribution >= 0.6 is 0 Å². The van der Waals surface area contributed by atoms with E-state index in [1.165, 1.54) is 0 Å². The number of para-hydroxylation sites is 1. The smallest absolute Gasteiger partial charge is 0.335 e. The van der Waals surface area contributed by atoms with Crippen LogP contribution in [0.1, 0.15) is 36.2 Å². The van der Waals surface area contributed by atoms with Gasteiger partial charge >= 0.3 is 5.97 Å². The number of benzene rings is 2. The van der Waals surface area contributed by atoms with Crippen LogP contribution in [0, 0.1) is 0 Å². The molecule has 0 fully saturated rings. The number of hydrogen-bond donors (Lipinski definition) is 3. The summed E-state index contributed by atoms with van der Waals surface area (Å²) in [6.45, 7) is 4.49. The van der Waals surface area contributed by atoms with Crippen LogP contribution in [0.2, 0.25) is 0 Å². The minimum atomic E-state index is -4.05. The molecule has 1 aliphatic rings. The summed E-state index contributed by atoms with van der Waals surface area (Å²) in [5.41, 5.74) is 2.54. The molecule has 1 heterocycles. The van der Waals surface area contributed by atoms with Crippen molar-refractivity contribution in [1.82, 2.24) is 0 Å². The van der Waals surface area contributed by atoms with Gasteiger partial charge in [-0.1, -0.05) is 44.2 Å². The Hall–Kier alpha value is -3.10. The number of carboxylic acid groups (broad SMARTS) is 1. The Kier molecular flexibility index (Phi) is 7.06. The Morgan fingerprint density at radius 2 is 1.88 bits per heavy atom. The first-order valence-electron chi connectivity index (χ1n) is 10.3. The lowest BCUT2D eigenvalue weighted by atomic mass is 9.80. The lowest BCUT2D eigenvalue weighted by molar-refractivity contribution is 0.0696. The number of carbonyl (C=O) groups is 1. The van der Waals surface area contributed by atoms with Crippen LogP contribution in [-0.2, 0) is 15.5 Å². The van der Waals surface area contributed by atoms with Gasteiger partial charge in [-0.2, -0.15) is 8.42 Å². The quantitative estimate of drug-likeness (QED) is 0.381. The van der Waals surface area contributed by atoms with Crippen LogP contribution < -0.4 is 10.2 Å². The van der Waals surface area contributed by atoms with Crippen LogP contribution in [0.4, 0.5) is 11.4 Å². The van der Waals surface area contributed by atoms with Gasteiger partial charge in [0.2, 0.25) is 0 Å². The van der Waals surface area contributed by atoms with E-state index in [9.17, 15) is 18.3 Å². The average molecular weight is 457 g/mol. The van der Waals surface area contributed by atoms with Crippen molar-refractivity contribution in [2.24, 2.45) is 0 Å². The zero-order valence-corrected chi connectivity index (χ0v) is 18.9. The molecule has 0 aromatic heterocycles. The number of nitrogens with one attached hydrogen (secondary N) is 1. The van der Waals surface area contributed by atoms with E-state index in [-0.39, 0.29) is 23.8 Å². The fourth-order valence-electron chi connectivity index (χ4n) is 4.06. The molecule has 1 atom stereocenters. The van der Waals surface area contributed by atoms with Gasteiger partial charge in [0, 0.05) is 29.5 Å². The normalized spacial score (nSPS) is 17.7. The summed E-state index contributed by atoms with van der Waals surface area (Å²) in [6.07, 6.45) is 7.90. The Labute approximate surface area is 188 Å². The second-order valence-corrected chi connectivity index (χ2v) is 9.86. The van der Waals surface area contributed by atoms with Gasteiger partial charge in [0.05, 0.1) is 17.4 Å². The first-order chi connectivity index (χ1) is 15.1. The number of allylic oxidation sites excluding steroid dienone is 2. The molecular weight excluding hydrogens is 428 g/mol. The molecule has 2 aromatic carbocycles. The first-order valence-corrected chi connectivity index (χ1v) is 11.9. The Morgan fingerprint density at radius 3 is 2.53 bits per heavy atom. The third kappa shape index (κ3) is 5.57. The first kappa shape index (κ1) is 23.6. The molecule has 7 nitrogen and oxygen atoms in total. The summed E-state index contributed by atoms with van der Waals surface area (Å²) < 4.78 is 31.5. The third-order valence-corrected chi connectivity index (χ3v) is 6.45. The minimum absolute atomic E-state index is 0.121. The Morgan fingerprint density at radius 1 is 1.16 bits per heavy atom. The Balaban J connectivity index is 1.84. The van der Waals surface area contributed by atoms with E-state index in [0.717, 1.165) is 16.9 Å². The molecule has 0 aliphatic carbocycles. The standard InChI is InChI=1S/C24H28N2O5S/c1-24(2)20-17-18(23(27)28)12-13-21(20)26(15-8-16-32(29,30)31)22(24)11-6-7-14-25-19-9-4-3-5-10-19/h3-7,9-14,17,22,25H,8,15-16H2,1-2H3,(H,27,28)(H,29,30,31)/b11-6+,14-7+. The van der Waals surface area contributed by atoms with E-state index in [1.54, 1.807) is 18.2 Å². The van der Waals surface area contributed by atoms with Crippen LogP contribution in [0.3, 0.4) is 0 Å². The molecule has 3 rings (SSSR count). The average Bonchev–Trinajstić information content (AvgIpc) is 2.94. The fourth-order valence-corrected chi connectivity index (χ4v) is 4.55. The van der Waals surface area contributed by atoms with Crippen molar-refractivity contribution in [3.05, 3.63) is 84.1 Å². The van der Waals surface area contributed by atoms with Gasteiger partial charge in [0.1, 0.15) is 0 Å². The summed E-state index contributed by atoms with van der Waals surface area (Å²) in [5.74, 6) is -1.32. The fraction of sp³-hybridized carbons (Fsp3) is 0.292. The molecule has 1 unspecified atom stereocenters. The minimum Gasteiger partial charge on any atom is -0.478 e. The zero-order valence-electron chi connectivity index (χ0n) is 18.1. The van der Waals surface area contributed by atoms with E-state index >= 15 is 0 Å². The van der Waals surface area contributed by atoms with Crippen molar-refractivity contribution in [3.63, 3.8) is 0 Å². The molecule has 0 saturated heterocycles. The molecular formula is C24H28N2O5S. The number of fused-ring (bicyclic) bond motifs is 1. The molecule has 2 aromatic rings. The summed E-state index contributed by atoms with van der Waals surface area (Å²) in [4.78, 5) is 13.6. The highest BCUT2D eigenvalue weighted by molar-refractivity contribution is 7.85. The van der Waals surface area contributed by atoms with Gasteiger partial charge in [0.15, 0.2) is 0 Å². The van der Waals surface area contributed by atoms with Crippen LogP contribution in [0.5, 0.6) is 0 Å². The molecule has 3 N–H and O–H groups in total. The molecule has 32 heavy (non-hydrogen) atoms. The third-order valence-electron chi connectivity index (χ3n) is 5.65.